The van der Waals surface area contributed by atoms with Crippen LogP contribution in [-0.2, 0) is 4.79 Å². The molecule has 1 saturated carbocycles. The van der Waals surface area contributed by atoms with E-state index in [1.54, 1.807) is 6.07 Å². The van der Waals surface area contributed by atoms with E-state index in [1.165, 1.54) is 12.8 Å². The van der Waals surface area contributed by atoms with Gasteiger partial charge < -0.3 is 10.2 Å². The average Bonchev–Trinajstić information content (AvgIpc) is 3.16. The largest absolute Gasteiger partial charge is 0.311 e. The van der Waals surface area contributed by atoms with Crippen molar-refractivity contribution in [3.63, 3.8) is 0 Å². The summed E-state index contributed by atoms with van der Waals surface area (Å²) in [6, 6.07) is 8.14. The van der Waals surface area contributed by atoms with Gasteiger partial charge in [0.05, 0.1) is 17.7 Å². The molecule has 4 nitrogen and oxygen atoms in total. The molecule has 1 saturated heterocycles. The SMILES string of the molecule is Cc1ccc(C#N)cc1N1CCC(NC2CC2)C1=O. The highest BCUT2D eigenvalue weighted by Gasteiger charge is 2.36. The van der Waals surface area contributed by atoms with Gasteiger partial charge in [-0.25, -0.2) is 0 Å². The third kappa shape index (κ3) is 2.34. The quantitative estimate of drug-likeness (QED) is 0.894. The summed E-state index contributed by atoms with van der Waals surface area (Å²) < 4.78 is 0. The molecule has 4 heteroatoms. The molecule has 1 atom stereocenters. The van der Waals surface area contributed by atoms with Crippen molar-refractivity contribution in [1.29, 1.82) is 5.26 Å². The molecule has 1 aromatic rings. The van der Waals surface area contributed by atoms with Crippen LogP contribution < -0.4 is 10.2 Å². The zero-order valence-electron chi connectivity index (χ0n) is 11.0. The molecule has 1 amide bonds. The van der Waals surface area contributed by atoms with E-state index in [4.69, 9.17) is 5.26 Å². The number of benzene rings is 1. The maximum Gasteiger partial charge on any atom is 0.244 e. The lowest BCUT2D eigenvalue weighted by atomic mass is 10.1. The molecule has 1 aliphatic carbocycles. The van der Waals surface area contributed by atoms with Crippen molar-refractivity contribution >= 4 is 11.6 Å². The van der Waals surface area contributed by atoms with Crippen molar-refractivity contribution in [1.82, 2.24) is 5.32 Å². The zero-order valence-corrected chi connectivity index (χ0v) is 11.0. The summed E-state index contributed by atoms with van der Waals surface area (Å²) in [7, 11) is 0. The van der Waals surface area contributed by atoms with Crippen LogP contribution in [0.2, 0.25) is 0 Å². The average molecular weight is 255 g/mol. The fraction of sp³-hybridized carbons (Fsp3) is 0.467. The maximum atomic E-state index is 12.4. The van der Waals surface area contributed by atoms with Crippen molar-refractivity contribution in [2.45, 2.75) is 38.3 Å². The van der Waals surface area contributed by atoms with Gasteiger partial charge in [-0.1, -0.05) is 6.07 Å². The lowest BCUT2D eigenvalue weighted by Gasteiger charge is -2.19. The summed E-state index contributed by atoms with van der Waals surface area (Å²) in [6.45, 7) is 2.71. The predicted molar refractivity (Wildman–Crippen MR) is 72.8 cm³/mol. The van der Waals surface area contributed by atoms with Crippen LogP contribution in [-0.4, -0.2) is 24.5 Å². The molecule has 2 aliphatic rings. The van der Waals surface area contributed by atoms with Crippen molar-refractivity contribution < 1.29 is 4.79 Å². The first-order valence-corrected chi connectivity index (χ1v) is 6.77. The molecule has 1 aliphatic heterocycles. The van der Waals surface area contributed by atoms with E-state index in [1.807, 2.05) is 24.0 Å². The molecule has 0 spiro atoms. The number of nitrogens with zero attached hydrogens (tertiary/aromatic N) is 2. The van der Waals surface area contributed by atoms with Gasteiger partial charge in [0.15, 0.2) is 0 Å². The minimum Gasteiger partial charge on any atom is -0.311 e. The molecule has 1 heterocycles. The van der Waals surface area contributed by atoms with Crippen LogP contribution in [0, 0.1) is 18.3 Å². The number of rotatable bonds is 3. The molecule has 19 heavy (non-hydrogen) atoms. The molecule has 3 rings (SSSR count). The van der Waals surface area contributed by atoms with Gasteiger partial charge in [0, 0.05) is 18.3 Å². The number of amides is 1. The molecule has 0 aromatic heterocycles. The number of aryl methyl sites for hydroxylation is 1. The Bertz CT molecular complexity index is 557. The minimum absolute atomic E-state index is 0.0439. The Morgan fingerprint density at radius 3 is 2.84 bits per heavy atom. The first-order valence-electron chi connectivity index (χ1n) is 6.77. The van der Waals surface area contributed by atoms with Crippen LogP contribution in [0.25, 0.3) is 0 Å². The number of nitrogens with one attached hydrogen (secondary N) is 1. The molecule has 1 N–H and O–H groups in total. The fourth-order valence-corrected chi connectivity index (χ4v) is 2.58. The Morgan fingerprint density at radius 2 is 2.16 bits per heavy atom. The van der Waals surface area contributed by atoms with Crippen LogP contribution >= 0.6 is 0 Å². The van der Waals surface area contributed by atoms with Gasteiger partial charge in [-0.05, 0) is 43.9 Å². The van der Waals surface area contributed by atoms with Gasteiger partial charge in [-0.2, -0.15) is 5.26 Å². The van der Waals surface area contributed by atoms with Crippen molar-refractivity contribution in [2.24, 2.45) is 0 Å². The minimum atomic E-state index is -0.0439. The van der Waals surface area contributed by atoms with Gasteiger partial charge in [0.1, 0.15) is 0 Å². The van der Waals surface area contributed by atoms with Crippen molar-refractivity contribution in [3.05, 3.63) is 29.3 Å². The van der Waals surface area contributed by atoms with Crippen LogP contribution in [0.4, 0.5) is 5.69 Å². The molecule has 0 radical (unpaired) electrons. The molecule has 0 bridgehead atoms. The zero-order chi connectivity index (χ0) is 13.4. The fourth-order valence-electron chi connectivity index (χ4n) is 2.58. The number of hydrogen-bond donors (Lipinski definition) is 1. The van der Waals surface area contributed by atoms with E-state index >= 15 is 0 Å². The summed E-state index contributed by atoms with van der Waals surface area (Å²) in [4.78, 5) is 14.2. The van der Waals surface area contributed by atoms with Crippen LogP contribution in [0.5, 0.6) is 0 Å². The van der Waals surface area contributed by atoms with Crippen LogP contribution in [0.15, 0.2) is 18.2 Å². The molecule has 1 aromatic carbocycles. The summed E-state index contributed by atoms with van der Waals surface area (Å²) >= 11 is 0. The third-order valence-corrected chi connectivity index (χ3v) is 3.85. The number of hydrogen-bond acceptors (Lipinski definition) is 3. The number of anilines is 1. The molecular weight excluding hydrogens is 238 g/mol. The van der Waals surface area contributed by atoms with Crippen LogP contribution in [0.3, 0.4) is 0 Å². The smallest absolute Gasteiger partial charge is 0.244 e. The summed E-state index contributed by atoms with van der Waals surface area (Å²) in [5.74, 6) is 0.144. The maximum absolute atomic E-state index is 12.4. The van der Waals surface area contributed by atoms with Gasteiger partial charge in [-0.15, -0.1) is 0 Å². The molecule has 1 unspecified atom stereocenters. The number of carbonyl (C=O) groups is 1. The first-order chi connectivity index (χ1) is 9.19. The highest BCUT2D eigenvalue weighted by Crippen LogP contribution is 2.28. The molecule has 2 fully saturated rings. The molecular formula is C15H17N3O. The predicted octanol–water partition coefficient (Wildman–Crippen LogP) is 1.72. The van der Waals surface area contributed by atoms with Crippen molar-refractivity contribution in [3.8, 4) is 6.07 Å². The summed E-state index contributed by atoms with van der Waals surface area (Å²) in [6.07, 6.45) is 3.23. The van der Waals surface area contributed by atoms with E-state index in [2.05, 4.69) is 11.4 Å². The lowest BCUT2D eigenvalue weighted by molar-refractivity contribution is -0.118. The van der Waals surface area contributed by atoms with E-state index in [0.717, 1.165) is 24.2 Å². The topological polar surface area (TPSA) is 56.1 Å². The highest BCUT2D eigenvalue weighted by atomic mass is 16.2. The van der Waals surface area contributed by atoms with Gasteiger partial charge in [0.2, 0.25) is 5.91 Å². The van der Waals surface area contributed by atoms with Crippen molar-refractivity contribution in [2.75, 3.05) is 11.4 Å². The van der Waals surface area contributed by atoms with E-state index in [0.29, 0.717) is 11.6 Å². The van der Waals surface area contributed by atoms with E-state index in [-0.39, 0.29) is 11.9 Å². The first kappa shape index (κ1) is 12.2. The summed E-state index contributed by atoms with van der Waals surface area (Å²) in [5.41, 5.74) is 2.52. The second kappa shape index (κ2) is 4.67. The lowest BCUT2D eigenvalue weighted by Crippen LogP contribution is -2.39. The normalized spacial score (nSPS) is 22.6. The second-order valence-corrected chi connectivity index (χ2v) is 5.39. The summed E-state index contributed by atoms with van der Waals surface area (Å²) in [5, 5.41) is 12.4. The Hall–Kier alpha value is -1.86. The third-order valence-electron chi connectivity index (χ3n) is 3.85. The number of nitriles is 1. The van der Waals surface area contributed by atoms with Gasteiger partial charge >= 0.3 is 0 Å². The Labute approximate surface area is 113 Å². The molecule has 98 valence electrons. The van der Waals surface area contributed by atoms with Gasteiger partial charge in [-0.3, -0.25) is 4.79 Å². The van der Waals surface area contributed by atoms with E-state index in [9.17, 15) is 4.79 Å². The van der Waals surface area contributed by atoms with Crippen LogP contribution in [0.1, 0.15) is 30.4 Å². The highest BCUT2D eigenvalue weighted by molar-refractivity contribution is 6.00. The standard InChI is InChI=1S/C15H17N3O/c1-10-2-3-11(9-16)8-14(10)18-7-6-13(15(18)19)17-12-4-5-12/h2-3,8,12-13,17H,4-7H2,1H3. The Balaban J connectivity index is 1.82. The van der Waals surface area contributed by atoms with E-state index < -0.39 is 0 Å². The Kier molecular flexibility index (Phi) is 3.00. The number of carbonyl (C=O) groups excluding carboxylic acids is 1. The second-order valence-electron chi connectivity index (χ2n) is 5.39. The monoisotopic (exact) mass is 255 g/mol. The Morgan fingerprint density at radius 1 is 1.37 bits per heavy atom. The van der Waals surface area contributed by atoms with Gasteiger partial charge in [0.25, 0.3) is 0 Å².